The Morgan fingerprint density at radius 1 is 1.18 bits per heavy atom. The molecule has 1 saturated heterocycles. The SMILES string of the molecule is O=C(O)C1CC12CCN(C(=O)c1ccc(-c3noc(C(F)(F)F)n3)cc1)CC2. The van der Waals surface area contributed by atoms with Gasteiger partial charge in [0.1, 0.15) is 0 Å². The maximum Gasteiger partial charge on any atom is 0.471 e. The molecule has 2 aromatic rings. The van der Waals surface area contributed by atoms with Crippen molar-refractivity contribution < 1.29 is 32.4 Å². The fraction of sp³-hybridized carbons (Fsp3) is 0.444. The molecule has 4 rings (SSSR count). The number of nitrogens with zero attached hydrogens (tertiary/aromatic N) is 3. The molecule has 2 fully saturated rings. The van der Waals surface area contributed by atoms with Crippen LogP contribution in [0.1, 0.15) is 35.5 Å². The van der Waals surface area contributed by atoms with Crippen molar-refractivity contribution in [3.8, 4) is 11.4 Å². The molecular formula is C18H16F3N3O4. The van der Waals surface area contributed by atoms with Gasteiger partial charge in [0.25, 0.3) is 5.91 Å². The molecule has 1 aromatic heterocycles. The maximum absolute atomic E-state index is 12.6. The average molecular weight is 395 g/mol. The van der Waals surface area contributed by atoms with Gasteiger partial charge in [0.05, 0.1) is 5.92 Å². The van der Waals surface area contributed by atoms with Gasteiger partial charge in [-0.2, -0.15) is 18.2 Å². The molecule has 148 valence electrons. The summed E-state index contributed by atoms with van der Waals surface area (Å²) in [6.45, 7) is 0.980. The summed E-state index contributed by atoms with van der Waals surface area (Å²) >= 11 is 0. The second kappa shape index (κ2) is 6.32. The van der Waals surface area contributed by atoms with Crippen molar-refractivity contribution in [1.82, 2.24) is 15.0 Å². The average Bonchev–Trinajstić information content (AvgIpc) is 3.13. The molecule has 1 N–H and O–H groups in total. The highest BCUT2D eigenvalue weighted by molar-refractivity contribution is 5.94. The van der Waals surface area contributed by atoms with Crippen LogP contribution in [0.25, 0.3) is 11.4 Å². The Labute approximate surface area is 157 Å². The van der Waals surface area contributed by atoms with Crippen molar-refractivity contribution >= 4 is 11.9 Å². The second-order valence-corrected chi connectivity index (χ2v) is 7.25. The standard InChI is InChI=1S/C18H16F3N3O4/c19-18(20,21)16-22-13(23-28-16)10-1-3-11(4-2-10)14(25)24-7-5-17(6-8-24)9-12(17)15(26)27/h1-4,12H,5-9H2,(H,26,27). The number of carbonyl (C=O) groups is 2. The molecule has 10 heteroatoms. The lowest BCUT2D eigenvalue weighted by molar-refractivity contribution is -0.159. The summed E-state index contributed by atoms with van der Waals surface area (Å²) in [6, 6.07) is 5.93. The first-order valence-electron chi connectivity index (χ1n) is 8.73. The van der Waals surface area contributed by atoms with E-state index in [1.54, 1.807) is 4.90 Å². The summed E-state index contributed by atoms with van der Waals surface area (Å²) in [7, 11) is 0. The highest BCUT2D eigenvalue weighted by Crippen LogP contribution is 2.59. The number of alkyl halides is 3. The minimum absolute atomic E-state index is 0.165. The molecule has 7 nitrogen and oxygen atoms in total. The van der Waals surface area contributed by atoms with Crippen LogP contribution >= 0.6 is 0 Å². The number of piperidine rings is 1. The van der Waals surface area contributed by atoms with Gasteiger partial charge in [0.2, 0.25) is 5.82 Å². The number of amides is 1. The van der Waals surface area contributed by atoms with Crippen LogP contribution in [0.15, 0.2) is 28.8 Å². The summed E-state index contributed by atoms with van der Waals surface area (Å²) in [5, 5.41) is 12.4. The zero-order chi connectivity index (χ0) is 20.1. The van der Waals surface area contributed by atoms with Gasteiger partial charge in [-0.05, 0) is 36.8 Å². The second-order valence-electron chi connectivity index (χ2n) is 7.25. The normalized spacial score (nSPS) is 21.0. The van der Waals surface area contributed by atoms with Crippen molar-refractivity contribution in [3.05, 3.63) is 35.7 Å². The lowest BCUT2D eigenvalue weighted by Gasteiger charge is -2.32. The van der Waals surface area contributed by atoms with E-state index >= 15 is 0 Å². The number of carboxylic acids is 1. The van der Waals surface area contributed by atoms with Crippen molar-refractivity contribution in [2.45, 2.75) is 25.4 Å². The molecule has 1 unspecified atom stereocenters. The van der Waals surface area contributed by atoms with E-state index in [1.807, 2.05) is 0 Å². The summed E-state index contributed by atoms with van der Waals surface area (Å²) in [6.07, 6.45) is -2.72. The van der Waals surface area contributed by atoms with Crippen LogP contribution in [-0.2, 0) is 11.0 Å². The maximum atomic E-state index is 12.6. The van der Waals surface area contributed by atoms with Crippen LogP contribution in [0, 0.1) is 11.3 Å². The topological polar surface area (TPSA) is 96.5 Å². The van der Waals surface area contributed by atoms with E-state index in [-0.39, 0.29) is 23.1 Å². The van der Waals surface area contributed by atoms with E-state index in [1.165, 1.54) is 24.3 Å². The lowest BCUT2D eigenvalue weighted by atomic mass is 9.90. The van der Waals surface area contributed by atoms with Crippen molar-refractivity contribution in [3.63, 3.8) is 0 Å². The van der Waals surface area contributed by atoms with E-state index in [2.05, 4.69) is 14.7 Å². The number of likely N-dealkylation sites (tertiary alicyclic amines) is 1. The van der Waals surface area contributed by atoms with Crippen molar-refractivity contribution in [2.24, 2.45) is 11.3 Å². The van der Waals surface area contributed by atoms with Gasteiger partial charge < -0.3 is 14.5 Å². The molecule has 0 bridgehead atoms. The number of aliphatic carboxylic acids is 1. The summed E-state index contributed by atoms with van der Waals surface area (Å²) < 4.78 is 41.8. The van der Waals surface area contributed by atoms with Crippen LogP contribution in [0.5, 0.6) is 0 Å². The third-order valence-corrected chi connectivity index (χ3v) is 5.59. The molecule has 0 radical (unpaired) electrons. The molecule has 1 atom stereocenters. The largest absolute Gasteiger partial charge is 0.481 e. The highest BCUT2D eigenvalue weighted by atomic mass is 19.4. The van der Waals surface area contributed by atoms with Gasteiger partial charge in [0.15, 0.2) is 0 Å². The third-order valence-electron chi connectivity index (χ3n) is 5.59. The van der Waals surface area contributed by atoms with Crippen LogP contribution in [-0.4, -0.2) is 45.1 Å². The summed E-state index contributed by atoms with van der Waals surface area (Å²) in [5.74, 6) is -2.91. The number of aromatic nitrogens is 2. The number of carboxylic acid groups (broad SMARTS) is 1. The minimum Gasteiger partial charge on any atom is -0.481 e. The molecule has 1 aromatic carbocycles. The van der Waals surface area contributed by atoms with Gasteiger partial charge in [-0.25, -0.2) is 0 Å². The Hall–Kier alpha value is -2.91. The monoisotopic (exact) mass is 395 g/mol. The quantitative estimate of drug-likeness (QED) is 0.858. The van der Waals surface area contributed by atoms with Crippen LogP contribution in [0.2, 0.25) is 0 Å². The summed E-state index contributed by atoms with van der Waals surface area (Å²) in [5.41, 5.74) is 0.530. The fourth-order valence-electron chi connectivity index (χ4n) is 3.80. The molecule has 1 amide bonds. The number of carbonyl (C=O) groups excluding carboxylic acids is 1. The molecule has 1 aliphatic heterocycles. The molecule has 1 aliphatic carbocycles. The molecule has 1 saturated carbocycles. The van der Waals surface area contributed by atoms with E-state index in [0.717, 1.165) is 0 Å². The van der Waals surface area contributed by atoms with E-state index in [9.17, 15) is 22.8 Å². The van der Waals surface area contributed by atoms with Crippen LogP contribution < -0.4 is 0 Å². The predicted octanol–water partition coefficient (Wildman–Crippen LogP) is 3.08. The van der Waals surface area contributed by atoms with E-state index in [4.69, 9.17) is 5.11 Å². The van der Waals surface area contributed by atoms with E-state index in [0.29, 0.717) is 43.5 Å². The Morgan fingerprint density at radius 2 is 1.82 bits per heavy atom. The van der Waals surface area contributed by atoms with Crippen molar-refractivity contribution in [2.75, 3.05) is 13.1 Å². The van der Waals surface area contributed by atoms with Gasteiger partial charge >= 0.3 is 18.0 Å². The first-order valence-corrected chi connectivity index (χ1v) is 8.73. The molecular weight excluding hydrogens is 379 g/mol. The molecule has 1 spiro atoms. The molecule has 2 aliphatic rings. The predicted molar refractivity (Wildman–Crippen MR) is 88.0 cm³/mol. The Balaban J connectivity index is 1.41. The number of halogens is 3. The number of rotatable bonds is 3. The minimum atomic E-state index is -4.71. The number of benzene rings is 1. The Kier molecular flexibility index (Phi) is 4.16. The molecule has 28 heavy (non-hydrogen) atoms. The number of hydrogen-bond acceptors (Lipinski definition) is 5. The smallest absolute Gasteiger partial charge is 0.471 e. The van der Waals surface area contributed by atoms with Gasteiger partial charge in [0, 0.05) is 24.2 Å². The Bertz CT molecular complexity index is 915. The van der Waals surface area contributed by atoms with Gasteiger partial charge in [-0.1, -0.05) is 17.3 Å². The first kappa shape index (κ1) is 18.5. The zero-order valence-electron chi connectivity index (χ0n) is 14.6. The van der Waals surface area contributed by atoms with Gasteiger partial charge in [-0.3, -0.25) is 9.59 Å². The van der Waals surface area contributed by atoms with Crippen LogP contribution in [0.3, 0.4) is 0 Å². The number of hydrogen-bond donors (Lipinski definition) is 1. The van der Waals surface area contributed by atoms with Crippen molar-refractivity contribution in [1.29, 1.82) is 0 Å². The zero-order valence-corrected chi connectivity index (χ0v) is 14.6. The van der Waals surface area contributed by atoms with Gasteiger partial charge in [-0.15, -0.1) is 0 Å². The Morgan fingerprint density at radius 3 is 2.32 bits per heavy atom. The lowest BCUT2D eigenvalue weighted by Crippen LogP contribution is -2.40. The van der Waals surface area contributed by atoms with E-state index < -0.39 is 18.0 Å². The highest BCUT2D eigenvalue weighted by Gasteiger charge is 2.59. The molecule has 2 heterocycles. The third kappa shape index (κ3) is 3.23. The first-order chi connectivity index (χ1) is 13.2. The fourth-order valence-corrected chi connectivity index (χ4v) is 3.80. The summed E-state index contributed by atoms with van der Waals surface area (Å²) in [4.78, 5) is 28.7. The van der Waals surface area contributed by atoms with Crippen LogP contribution in [0.4, 0.5) is 13.2 Å².